The Hall–Kier alpha value is -0.500. The van der Waals surface area contributed by atoms with Crippen molar-refractivity contribution in [1.29, 1.82) is 0 Å². The van der Waals surface area contributed by atoms with E-state index in [0.29, 0.717) is 4.47 Å². The first kappa shape index (κ1) is 14.6. The Kier molecular flexibility index (Phi) is 4.29. The molecule has 17 heavy (non-hydrogen) atoms. The molecule has 1 aromatic rings. The molecule has 3 N–H and O–H groups in total. The highest BCUT2D eigenvalue weighted by molar-refractivity contribution is 9.10. The first-order valence-electron chi connectivity index (χ1n) is 4.87. The minimum atomic E-state index is -3.90. The molecular weight excluding hydrogens is 311 g/mol. The first-order valence-corrected chi connectivity index (χ1v) is 7.15. The summed E-state index contributed by atoms with van der Waals surface area (Å²) in [5.74, 6) is -0.806. The fourth-order valence-corrected chi connectivity index (χ4v) is 2.97. The number of nitrogens with one attached hydrogen (secondary N) is 1. The lowest BCUT2D eigenvalue weighted by atomic mass is 10.1. The third kappa shape index (κ3) is 3.74. The zero-order chi connectivity index (χ0) is 13.3. The maximum Gasteiger partial charge on any atom is 0.244 e. The molecular formula is C10H14BrFN2O2S. The van der Waals surface area contributed by atoms with E-state index in [-0.39, 0.29) is 11.4 Å². The van der Waals surface area contributed by atoms with Crippen LogP contribution in [0.2, 0.25) is 0 Å². The van der Waals surface area contributed by atoms with Gasteiger partial charge in [-0.15, -0.1) is 0 Å². The highest BCUT2D eigenvalue weighted by Gasteiger charge is 2.27. The van der Waals surface area contributed by atoms with Crippen LogP contribution in [0.1, 0.15) is 13.8 Å². The van der Waals surface area contributed by atoms with Crippen LogP contribution in [0.5, 0.6) is 0 Å². The number of hydrogen-bond acceptors (Lipinski definition) is 3. The van der Waals surface area contributed by atoms with E-state index in [1.807, 2.05) is 0 Å². The second-order valence-corrected chi connectivity index (χ2v) is 6.83. The summed E-state index contributed by atoms with van der Waals surface area (Å²) in [5, 5.41) is 0. The van der Waals surface area contributed by atoms with E-state index in [1.54, 1.807) is 13.8 Å². The van der Waals surface area contributed by atoms with Gasteiger partial charge in [0, 0.05) is 16.6 Å². The Morgan fingerprint density at radius 1 is 1.47 bits per heavy atom. The Balaban J connectivity index is 3.14. The van der Waals surface area contributed by atoms with E-state index in [0.717, 1.165) is 6.07 Å². The molecule has 0 saturated carbocycles. The molecule has 1 aromatic carbocycles. The van der Waals surface area contributed by atoms with Crippen LogP contribution in [0.25, 0.3) is 0 Å². The molecule has 0 unspecified atom stereocenters. The van der Waals surface area contributed by atoms with Crippen molar-refractivity contribution in [2.45, 2.75) is 24.3 Å². The molecule has 0 spiro atoms. The largest absolute Gasteiger partial charge is 0.329 e. The van der Waals surface area contributed by atoms with Gasteiger partial charge in [-0.3, -0.25) is 0 Å². The van der Waals surface area contributed by atoms with Crippen LogP contribution in [0, 0.1) is 5.82 Å². The van der Waals surface area contributed by atoms with E-state index in [9.17, 15) is 12.8 Å². The second kappa shape index (κ2) is 5.01. The van der Waals surface area contributed by atoms with E-state index in [2.05, 4.69) is 20.7 Å². The van der Waals surface area contributed by atoms with Gasteiger partial charge in [-0.1, -0.05) is 15.9 Å². The number of halogens is 2. The summed E-state index contributed by atoms with van der Waals surface area (Å²) in [6.45, 7) is 3.37. The molecule has 1 rings (SSSR count). The monoisotopic (exact) mass is 324 g/mol. The van der Waals surface area contributed by atoms with Crippen molar-refractivity contribution >= 4 is 26.0 Å². The van der Waals surface area contributed by atoms with Gasteiger partial charge in [-0.25, -0.2) is 17.5 Å². The lowest BCUT2D eigenvalue weighted by Gasteiger charge is -2.23. The summed E-state index contributed by atoms with van der Waals surface area (Å²) in [5.41, 5.74) is 4.60. The average molecular weight is 325 g/mol. The molecule has 0 aliphatic rings. The van der Waals surface area contributed by atoms with Gasteiger partial charge in [0.1, 0.15) is 10.7 Å². The normalized spacial score (nSPS) is 12.8. The quantitative estimate of drug-likeness (QED) is 0.883. The van der Waals surface area contributed by atoms with Crippen LogP contribution >= 0.6 is 15.9 Å². The van der Waals surface area contributed by atoms with Gasteiger partial charge in [-0.05, 0) is 32.0 Å². The molecule has 0 amide bonds. The fraction of sp³-hybridized carbons (Fsp3) is 0.400. The summed E-state index contributed by atoms with van der Waals surface area (Å²) < 4.78 is 40.2. The van der Waals surface area contributed by atoms with Crippen LogP contribution in [0.15, 0.2) is 27.6 Å². The predicted octanol–water partition coefficient (Wildman–Crippen LogP) is 1.60. The molecule has 0 fully saturated rings. The van der Waals surface area contributed by atoms with Crippen molar-refractivity contribution in [3.63, 3.8) is 0 Å². The third-order valence-electron chi connectivity index (χ3n) is 2.10. The zero-order valence-corrected chi connectivity index (χ0v) is 11.9. The maximum absolute atomic E-state index is 13.5. The zero-order valence-electron chi connectivity index (χ0n) is 9.50. The van der Waals surface area contributed by atoms with Crippen LogP contribution in [-0.2, 0) is 10.0 Å². The highest BCUT2D eigenvalue weighted by Crippen LogP contribution is 2.20. The molecule has 0 atom stereocenters. The number of sulfonamides is 1. The number of nitrogens with two attached hydrogens (primary N) is 1. The van der Waals surface area contributed by atoms with Gasteiger partial charge in [-0.2, -0.15) is 0 Å². The third-order valence-corrected chi connectivity index (χ3v) is 4.33. The van der Waals surface area contributed by atoms with Gasteiger partial charge in [0.05, 0.1) is 0 Å². The molecule has 0 radical (unpaired) electrons. The van der Waals surface area contributed by atoms with Gasteiger partial charge < -0.3 is 5.73 Å². The van der Waals surface area contributed by atoms with Gasteiger partial charge >= 0.3 is 0 Å². The lowest BCUT2D eigenvalue weighted by Crippen LogP contribution is -2.48. The topological polar surface area (TPSA) is 72.2 Å². The molecule has 96 valence electrons. The molecule has 0 heterocycles. The summed E-state index contributed by atoms with van der Waals surface area (Å²) in [6.07, 6.45) is 0. The predicted molar refractivity (Wildman–Crippen MR) is 67.6 cm³/mol. The standard InChI is InChI=1S/C10H14BrFN2O2S/c1-10(2,6-13)14-17(15,16)9-4-3-7(11)5-8(9)12/h3-5,14H,6,13H2,1-2H3. The maximum atomic E-state index is 13.5. The van der Waals surface area contributed by atoms with E-state index in [1.165, 1.54) is 12.1 Å². The minimum absolute atomic E-state index is 0.115. The summed E-state index contributed by atoms with van der Waals surface area (Å²) in [4.78, 5) is -0.387. The fourth-order valence-electron chi connectivity index (χ4n) is 1.15. The Morgan fingerprint density at radius 3 is 2.53 bits per heavy atom. The minimum Gasteiger partial charge on any atom is -0.329 e. The second-order valence-electron chi connectivity index (χ2n) is 4.27. The van der Waals surface area contributed by atoms with Crippen LogP contribution < -0.4 is 10.5 Å². The Morgan fingerprint density at radius 2 is 2.06 bits per heavy atom. The van der Waals surface area contributed by atoms with E-state index < -0.39 is 21.4 Å². The molecule has 0 aromatic heterocycles. The van der Waals surface area contributed by atoms with Crippen LogP contribution in [-0.4, -0.2) is 20.5 Å². The molecule has 4 nitrogen and oxygen atoms in total. The average Bonchev–Trinajstić information content (AvgIpc) is 2.15. The van der Waals surface area contributed by atoms with Crippen molar-refractivity contribution in [3.8, 4) is 0 Å². The van der Waals surface area contributed by atoms with Gasteiger partial charge in [0.2, 0.25) is 10.0 Å². The molecule has 0 aliphatic carbocycles. The molecule has 0 bridgehead atoms. The van der Waals surface area contributed by atoms with Gasteiger partial charge in [0.25, 0.3) is 0 Å². The van der Waals surface area contributed by atoms with Crippen molar-refractivity contribution in [2.75, 3.05) is 6.54 Å². The number of rotatable bonds is 4. The van der Waals surface area contributed by atoms with Gasteiger partial charge in [0.15, 0.2) is 0 Å². The molecule has 0 saturated heterocycles. The first-order chi connectivity index (χ1) is 7.68. The van der Waals surface area contributed by atoms with E-state index >= 15 is 0 Å². The highest BCUT2D eigenvalue weighted by atomic mass is 79.9. The lowest BCUT2D eigenvalue weighted by molar-refractivity contribution is 0.459. The van der Waals surface area contributed by atoms with Crippen molar-refractivity contribution in [2.24, 2.45) is 5.73 Å². The summed E-state index contributed by atoms with van der Waals surface area (Å²) >= 11 is 3.06. The Labute approximate surface area is 109 Å². The summed E-state index contributed by atoms with van der Waals surface area (Å²) in [6, 6.07) is 3.77. The smallest absolute Gasteiger partial charge is 0.244 e. The number of benzene rings is 1. The van der Waals surface area contributed by atoms with E-state index in [4.69, 9.17) is 5.73 Å². The van der Waals surface area contributed by atoms with Crippen molar-refractivity contribution in [1.82, 2.24) is 4.72 Å². The summed E-state index contributed by atoms with van der Waals surface area (Å²) in [7, 11) is -3.90. The van der Waals surface area contributed by atoms with Crippen LogP contribution in [0.3, 0.4) is 0 Å². The number of hydrogen-bond donors (Lipinski definition) is 2. The Bertz CT molecular complexity index is 517. The van der Waals surface area contributed by atoms with Crippen LogP contribution in [0.4, 0.5) is 4.39 Å². The molecule has 0 aliphatic heterocycles. The SMILES string of the molecule is CC(C)(CN)NS(=O)(=O)c1ccc(Br)cc1F. The van der Waals surface area contributed by atoms with Crippen molar-refractivity contribution in [3.05, 3.63) is 28.5 Å². The van der Waals surface area contributed by atoms with Crippen molar-refractivity contribution < 1.29 is 12.8 Å². The molecule has 7 heteroatoms.